The fraction of sp³-hybridized carbons (Fsp3) is 0.0800. The molecule has 140 valence electrons. The smallest absolute Gasteiger partial charge is 0.193 e. The summed E-state index contributed by atoms with van der Waals surface area (Å²) in [6, 6.07) is 28.3. The van der Waals surface area contributed by atoms with Crippen molar-refractivity contribution in [3.63, 3.8) is 0 Å². The van der Waals surface area contributed by atoms with Crippen LogP contribution in [0, 0.1) is 19.1 Å². The first-order chi connectivity index (χ1) is 13.7. The molecule has 4 radical (unpaired) electrons. The van der Waals surface area contributed by atoms with Gasteiger partial charge in [-0.1, -0.05) is 54.3 Å². The van der Waals surface area contributed by atoms with E-state index in [-0.39, 0.29) is 41.1 Å². The van der Waals surface area contributed by atoms with E-state index in [4.69, 9.17) is 0 Å². The third-order valence-corrected chi connectivity index (χ3v) is 5.22. The molecule has 0 aliphatic rings. The van der Waals surface area contributed by atoms with Crippen LogP contribution < -0.4 is 4.68 Å². The summed E-state index contributed by atoms with van der Waals surface area (Å²) in [4.78, 5) is 4.20. The molecule has 4 aromatic carbocycles. The molecule has 3 nitrogen and oxygen atoms in total. The Hall–Kier alpha value is -2.42. The third kappa shape index (κ3) is 3.82. The first-order valence-corrected chi connectivity index (χ1v) is 9.24. The van der Waals surface area contributed by atoms with E-state index in [2.05, 4.69) is 83.7 Å². The Kier molecular flexibility index (Phi) is 6.80. The number of hydrogen-bond donors (Lipinski definition) is 0. The topological polar surface area (TPSA) is 29.7 Å². The summed E-state index contributed by atoms with van der Waals surface area (Å²) in [5, 5.41) is 9.14. The summed E-state index contributed by atoms with van der Waals surface area (Å²) in [5.41, 5.74) is 5.17. The van der Waals surface area contributed by atoms with Crippen LogP contribution >= 0.6 is 0 Å². The van der Waals surface area contributed by atoms with Gasteiger partial charge in [0.15, 0.2) is 19.1 Å². The standard InChI is InChI=1S/C25H18N3.B.Y/c1-17-10-11-20(14-23(17)24-15-26-16-27-28(24)2)22-9-5-7-19-13-12-18-6-3-4-8-21(18)25(19)22;;/h3-8,10-13,15-16H,1-2H3;;/q-1;;. The summed E-state index contributed by atoms with van der Waals surface area (Å²) in [6.07, 6.45) is 3.38. The number of hydrogen-bond acceptors (Lipinski definition) is 2. The molecular formula is C25H18BN3Y-. The van der Waals surface area contributed by atoms with Crippen molar-refractivity contribution in [2.45, 2.75) is 6.92 Å². The maximum absolute atomic E-state index is 4.27. The van der Waals surface area contributed by atoms with Gasteiger partial charge in [0.1, 0.15) is 0 Å². The van der Waals surface area contributed by atoms with Gasteiger partial charge in [0.25, 0.3) is 0 Å². The molecule has 5 rings (SSSR count). The van der Waals surface area contributed by atoms with Gasteiger partial charge in [-0.15, -0.1) is 33.2 Å². The third-order valence-electron chi connectivity index (χ3n) is 5.22. The molecule has 0 saturated heterocycles. The second-order valence-electron chi connectivity index (χ2n) is 6.95. The van der Waals surface area contributed by atoms with Gasteiger partial charge in [-0.05, 0) is 5.39 Å². The Labute approximate surface area is 203 Å². The molecule has 0 fully saturated rings. The predicted molar refractivity (Wildman–Crippen MR) is 117 cm³/mol. The Morgan fingerprint density at radius 3 is 2.53 bits per heavy atom. The van der Waals surface area contributed by atoms with Crippen LogP contribution in [0.2, 0.25) is 0 Å². The van der Waals surface area contributed by atoms with Crippen LogP contribution in [0.5, 0.6) is 0 Å². The van der Waals surface area contributed by atoms with E-state index in [0.717, 1.165) is 27.9 Å². The van der Waals surface area contributed by atoms with Crippen molar-refractivity contribution in [2.24, 2.45) is 7.05 Å². The molecule has 30 heavy (non-hydrogen) atoms. The molecule has 0 saturated carbocycles. The van der Waals surface area contributed by atoms with Gasteiger partial charge in [-0.2, -0.15) is 29.8 Å². The SMILES string of the molecule is Cc1ccc(-c2[c-]ccc3ccc4ccccc4c23)[c-]c1-c1cncn[n+]1C.[B].[Y]. The molecular weight excluding hydrogens is 442 g/mol. The molecule has 5 heteroatoms. The van der Waals surface area contributed by atoms with Gasteiger partial charge in [0.05, 0.1) is 6.20 Å². The minimum Gasteiger partial charge on any atom is -0.240 e. The average molecular weight is 460 g/mol. The van der Waals surface area contributed by atoms with E-state index in [1.54, 1.807) is 6.33 Å². The molecule has 5 aromatic rings. The first-order valence-electron chi connectivity index (χ1n) is 9.24. The second kappa shape index (κ2) is 9.16. The number of aryl methyl sites for hydroxylation is 2. The monoisotopic (exact) mass is 460 g/mol. The number of rotatable bonds is 2. The number of aromatic nitrogens is 3. The van der Waals surface area contributed by atoms with E-state index in [9.17, 15) is 0 Å². The zero-order valence-corrected chi connectivity index (χ0v) is 19.8. The fourth-order valence-corrected chi connectivity index (χ4v) is 3.77. The molecule has 1 heterocycles. The molecule has 0 unspecified atom stereocenters. The normalized spacial score (nSPS) is 10.5. The van der Waals surface area contributed by atoms with E-state index in [1.165, 1.54) is 21.5 Å². The second-order valence-corrected chi connectivity index (χ2v) is 6.95. The van der Waals surface area contributed by atoms with Crippen LogP contribution in [0.3, 0.4) is 0 Å². The fourth-order valence-electron chi connectivity index (χ4n) is 3.77. The molecule has 0 N–H and O–H groups in total. The van der Waals surface area contributed by atoms with Gasteiger partial charge in [0, 0.05) is 46.2 Å². The van der Waals surface area contributed by atoms with Gasteiger partial charge < -0.3 is 0 Å². The van der Waals surface area contributed by atoms with Gasteiger partial charge in [-0.3, -0.25) is 0 Å². The molecule has 0 atom stereocenters. The van der Waals surface area contributed by atoms with Crippen molar-refractivity contribution in [1.82, 2.24) is 10.1 Å². The van der Waals surface area contributed by atoms with Crippen molar-refractivity contribution < 1.29 is 37.4 Å². The van der Waals surface area contributed by atoms with E-state index >= 15 is 0 Å². The van der Waals surface area contributed by atoms with Crippen molar-refractivity contribution in [2.75, 3.05) is 0 Å². The van der Waals surface area contributed by atoms with Crippen molar-refractivity contribution in [3.8, 4) is 22.4 Å². The van der Waals surface area contributed by atoms with Crippen LogP contribution in [-0.2, 0) is 39.8 Å². The van der Waals surface area contributed by atoms with Gasteiger partial charge in [0.2, 0.25) is 0 Å². The molecule has 0 aliphatic carbocycles. The summed E-state index contributed by atoms with van der Waals surface area (Å²) >= 11 is 0. The molecule has 0 amide bonds. The largest absolute Gasteiger partial charge is 0.240 e. The quantitative estimate of drug-likeness (QED) is 0.169. The van der Waals surface area contributed by atoms with Crippen molar-refractivity contribution in [3.05, 3.63) is 90.9 Å². The maximum Gasteiger partial charge on any atom is 0.193 e. The summed E-state index contributed by atoms with van der Waals surface area (Å²) < 4.78 is 1.83. The number of fused-ring (bicyclic) bond motifs is 3. The number of nitrogens with zero attached hydrogens (tertiary/aromatic N) is 3. The van der Waals surface area contributed by atoms with Crippen molar-refractivity contribution >= 4 is 30.0 Å². The van der Waals surface area contributed by atoms with Crippen LogP contribution in [0.1, 0.15) is 5.56 Å². The van der Waals surface area contributed by atoms with Crippen LogP contribution in [0.25, 0.3) is 43.9 Å². The Balaban J connectivity index is 0.00000128. The Morgan fingerprint density at radius 2 is 1.70 bits per heavy atom. The minimum absolute atomic E-state index is 0. The molecule has 1 aromatic heterocycles. The Morgan fingerprint density at radius 1 is 0.900 bits per heavy atom. The molecule has 0 bridgehead atoms. The van der Waals surface area contributed by atoms with Gasteiger partial charge >= 0.3 is 0 Å². The van der Waals surface area contributed by atoms with Crippen LogP contribution in [0.15, 0.2) is 73.2 Å². The predicted octanol–water partition coefficient (Wildman–Crippen LogP) is 4.47. The maximum atomic E-state index is 4.27. The molecule has 0 aliphatic heterocycles. The summed E-state index contributed by atoms with van der Waals surface area (Å²) in [5.74, 6) is 0. The van der Waals surface area contributed by atoms with Crippen molar-refractivity contribution in [1.29, 1.82) is 0 Å². The van der Waals surface area contributed by atoms with Crippen LogP contribution in [-0.4, -0.2) is 18.5 Å². The van der Waals surface area contributed by atoms with E-state index < -0.39 is 0 Å². The zero-order valence-electron chi connectivity index (χ0n) is 16.9. The van der Waals surface area contributed by atoms with Crippen LogP contribution in [0.4, 0.5) is 0 Å². The van der Waals surface area contributed by atoms with E-state index in [1.807, 2.05) is 24.0 Å². The average Bonchev–Trinajstić information content (AvgIpc) is 2.74. The van der Waals surface area contributed by atoms with Gasteiger partial charge in [-0.25, -0.2) is 10.5 Å². The molecule has 0 spiro atoms. The number of benzene rings is 4. The minimum atomic E-state index is 0. The summed E-state index contributed by atoms with van der Waals surface area (Å²) in [7, 11) is 1.93. The van der Waals surface area contributed by atoms with E-state index in [0.29, 0.717) is 0 Å². The summed E-state index contributed by atoms with van der Waals surface area (Å²) in [6.45, 7) is 2.09. The Bertz CT molecular complexity index is 1350. The first kappa shape index (κ1) is 22.3. The zero-order chi connectivity index (χ0) is 19.1.